The number of benzene rings is 1. The minimum atomic E-state index is -0.437. The maximum Gasteiger partial charge on any atom is 0.307 e. The molecule has 96 valence electrons. The molecular weight excluding hydrogens is 264 g/mol. The van der Waals surface area contributed by atoms with Crippen molar-refractivity contribution in [1.82, 2.24) is 9.38 Å². The summed E-state index contributed by atoms with van der Waals surface area (Å²) in [5.41, 5.74) is 1.34. The third-order valence-electron chi connectivity index (χ3n) is 2.74. The molecule has 0 fully saturated rings. The molecule has 0 aliphatic carbocycles. The lowest BCUT2D eigenvalue weighted by atomic mass is 10.3. The van der Waals surface area contributed by atoms with Gasteiger partial charge in [-0.25, -0.2) is 9.38 Å². The Morgan fingerprint density at radius 3 is 2.79 bits per heavy atom. The Morgan fingerprint density at radius 1 is 1.32 bits per heavy atom. The van der Waals surface area contributed by atoms with Crippen LogP contribution in [0.25, 0.3) is 21.8 Å². The van der Waals surface area contributed by atoms with Gasteiger partial charge in [-0.05, 0) is 19.1 Å². The van der Waals surface area contributed by atoms with Crippen LogP contribution in [0.15, 0.2) is 29.1 Å². The summed E-state index contributed by atoms with van der Waals surface area (Å²) in [5, 5.41) is 0. The molecule has 0 N–H and O–H groups in total. The SMILES string of the molecule is CC(=O)O/C(C)=c1\sc2nc3ccccc3n2c1=O. The number of fused-ring (bicyclic) bond motifs is 3. The molecule has 0 saturated carbocycles. The van der Waals surface area contributed by atoms with Crippen LogP contribution in [0.1, 0.15) is 13.8 Å². The number of para-hydroxylation sites is 2. The molecule has 0 spiro atoms. The van der Waals surface area contributed by atoms with Crippen LogP contribution in [0.5, 0.6) is 0 Å². The number of imidazole rings is 1. The van der Waals surface area contributed by atoms with Gasteiger partial charge in [-0.3, -0.25) is 9.59 Å². The minimum absolute atomic E-state index is 0.201. The van der Waals surface area contributed by atoms with Gasteiger partial charge in [-0.1, -0.05) is 23.5 Å². The lowest BCUT2D eigenvalue weighted by Gasteiger charge is -1.96. The van der Waals surface area contributed by atoms with E-state index >= 15 is 0 Å². The number of esters is 1. The zero-order chi connectivity index (χ0) is 13.6. The number of ether oxygens (including phenoxy) is 1. The van der Waals surface area contributed by atoms with Gasteiger partial charge >= 0.3 is 5.97 Å². The zero-order valence-electron chi connectivity index (χ0n) is 10.3. The van der Waals surface area contributed by atoms with E-state index < -0.39 is 5.97 Å². The third kappa shape index (κ3) is 1.80. The normalized spacial score (nSPS) is 12.9. The van der Waals surface area contributed by atoms with Crippen molar-refractivity contribution in [2.45, 2.75) is 13.8 Å². The van der Waals surface area contributed by atoms with Gasteiger partial charge in [0.25, 0.3) is 5.56 Å². The highest BCUT2D eigenvalue weighted by molar-refractivity contribution is 7.15. The molecule has 0 aliphatic rings. The van der Waals surface area contributed by atoms with Gasteiger partial charge in [-0.2, -0.15) is 0 Å². The predicted molar refractivity (Wildman–Crippen MR) is 72.9 cm³/mol. The van der Waals surface area contributed by atoms with Crippen LogP contribution < -0.4 is 10.1 Å². The van der Waals surface area contributed by atoms with E-state index in [0.717, 1.165) is 11.0 Å². The number of carbonyl (C=O) groups excluding carboxylic acids is 1. The van der Waals surface area contributed by atoms with Crippen LogP contribution in [0.3, 0.4) is 0 Å². The summed E-state index contributed by atoms with van der Waals surface area (Å²) in [6.45, 7) is 2.92. The zero-order valence-corrected chi connectivity index (χ0v) is 11.2. The molecule has 1 aromatic carbocycles. The number of hydrogen-bond acceptors (Lipinski definition) is 5. The molecule has 6 heteroatoms. The second kappa shape index (κ2) is 4.17. The largest absolute Gasteiger partial charge is 0.430 e. The predicted octanol–water partition coefficient (Wildman–Crippen LogP) is 1.32. The first-order chi connectivity index (χ1) is 9.08. The standard InChI is InChI=1S/C13H10N2O3S/c1-7(18-8(2)16)11-12(17)15-10-6-4-3-5-9(10)14-13(15)19-11/h3-6H,1-2H3/b11-7-. The summed E-state index contributed by atoms with van der Waals surface area (Å²) in [4.78, 5) is 28.3. The van der Waals surface area contributed by atoms with Crippen molar-refractivity contribution >= 4 is 39.1 Å². The van der Waals surface area contributed by atoms with E-state index in [4.69, 9.17) is 4.74 Å². The van der Waals surface area contributed by atoms with Gasteiger partial charge < -0.3 is 4.74 Å². The fourth-order valence-corrected chi connectivity index (χ4v) is 2.95. The highest BCUT2D eigenvalue weighted by atomic mass is 32.1. The van der Waals surface area contributed by atoms with Crippen LogP contribution in [0.4, 0.5) is 0 Å². The topological polar surface area (TPSA) is 60.7 Å². The molecule has 19 heavy (non-hydrogen) atoms. The summed E-state index contributed by atoms with van der Waals surface area (Å²) in [7, 11) is 0. The number of hydrogen-bond donors (Lipinski definition) is 0. The highest BCUT2D eigenvalue weighted by Gasteiger charge is 2.12. The fraction of sp³-hybridized carbons (Fsp3) is 0.154. The maximum atomic E-state index is 12.3. The van der Waals surface area contributed by atoms with Gasteiger partial charge in [0.15, 0.2) is 4.96 Å². The lowest BCUT2D eigenvalue weighted by molar-refractivity contribution is -0.134. The molecule has 0 amide bonds. The van der Waals surface area contributed by atoms with Gasteiger partial charge in [0.1, 0.15) is 10.3 Å². The van der Waals surface area contributed by atoms with E-state index in [-0.39, 0.29) is 5.56 Å². The van der Waals surface area contributed by atoms with Gasteiger partial charge in [0, 0.05) is 6.92 Å². The molecule has 0 atom stereocenters. The Kier molecular flexibility index (Phi) is 2.60. The van der Waals surface area contributed by atoms with Crippen molar-refractivity contribution in [3.8, 4) is 0 Å². The first-order valence-electron chi connectivity index (χ1n) is 5.67. The molecule has 0 aliphatic heterocycles. The van der Waals surface area contributed by atoms with Gasteiger partial charge in [0.2, 0.25) is 0 Å². The average Bonchev–Trinajstić information content (AvgIpc) is 2.85. The number of rotatable bonds is 1. The first-order valence-corrected chi connectivity index (χ1v) is 6.49. The Labute approximate surface area is 111 Å². The summed E-state index contributed by atoms with van der Waals surface area (Å²) < 4.78 is 6.93. The van der Waals surface area contributed by atoms with E-state index in [1.54, 1.807) is 11.3 Å². The van der Waals surface area contributed by atoms with E-state index in [1.807, 2.05) is 24.3 Å². The quantitative estimate of drug-likeness (QED) is 0.628. The van der Waals surface area contributed by atoms with Crippen LogP contribution in [0, 0.1) is 0 Å². The Balaban J connectivity index is 2.40. The molecule has 2 aromatic heterocycles. The monoisotopic (exact) mass is 274 g/mol. The molecule has 0 unspecified atom stereocenters. The van der Waals surface area contributed by atoms with Crippen molar-refractivity contribution in [1.29, 1.82) is 0 Å². The molecule has 2 heterocycles. The fourth-order valence-electron chi connectivity index (χ4n) is 1.99. The lowest BCUT2D eigenvalue weighted by Crippen LogP contribution is -2.25. The molecule has 0 bridgehead atoms. The number of thiazole rings is 1. The molecule has 3 rings (SSSR count). The van der Waals surface area contributed by atoms with Crippen molar-refractivity contribution in [3.63, 3.8) is 0 Å². The Hall–Kier alpha value is -2.21. The first kappa shape index (κ1) is 11.9. The third-order valence-corrected chi connectivity index (χ3v) is 3.86. The smallest absolute Gasteiger partial charge is 0.307 e. The molecule has 0 saturated heterocycles. The van der Waals surface area contributed by atoms with E-state index in [1.165, 1.54) is 18.3 Å². The van der Waals surface area contributed by atoms with Crippen molar-refractivity contribution in [3.05, 3.63) is 39.2 Å². The molecular formula is C13H10N2O3S. The maximum absolute atomic E-state index is 12.3. The summed E-state index contributed by atoms with van der Waals surface area (Å²) >= 11 is 1.22. The Morgan fingerprint density at radius 2 is 2.05 bits per heavy atom. The Bertz CT molecular complexity index is 907. The van der Waals surface area contributed by atoms with Crippen LogP contribution in [0.2, 0.25) is 0 Å². The van der Waals surface area contributed by atoms with Crippen LogP contribution in [-0.4, -0.2) is 15.4 Å². The molecule has 5 nitrogen and oxygen atoms in total. The van der Waals surface area contributed by atoms with Gasteiger partial charge in [0.05, 0.1) is 11.0 Å². The van der Waals surface area contributed by atoms with Gasteiger partial charge in [-0.15, -0.1) is 0 Å². The summed E-state index contributed by atoms with van der Waals surface area (Å²) in [6.07, 6.45) is 0. The van der Waals surface area contributed by atoms with Crippen molar-refractivity contribution in [2.75, 3.05) is 0 Å². The second-order valence-corrected chi connectivity index (χ2v) is 5.08. The number of carbonyl (C=O) groups is 1. The highest BCUT2D eigenvalue weighted by Crippen LogP contribution is 2.15. The summed E-state index contributed by atoms with van der Waals surface area (Å²) in [6, 6.07) is 7.43. The van der Waals surface area contributed by atoms with Crippen LogP contribution in [-0.2, 0) is 9.53 Å². The number of nitrogens with zero attached hydrogens (tertiary/aromatic N) is 2. The van der Waals surface area contributed by atoms with Crippen molar-refractivity contribution < 1.29 is 9.53 Å². The molecule has 3 aromatic rings. The summed E-state index contributed by atoms with van der Waals surface area (Å²) in [5.74, 6) is -0.120. The average molecular weight is 274 g/mol. The second-order valence-electron chi connectivity index (χ2n) is 4.10. The molecule has 0 radical (unpaired) electrons. The van der Waals surface area contributed by atoms with Crippen molar-refractivity contribution in [2.24, 2.45) is 0 Å². The minimum Gasteiger partial charge on any atom is -0.430 e. The van der Waals surface area contributed by atoms with E-state index in [0.29, 0.717) is 15.3 Å². The number of aromatic nitrogens is 2. The van der Waals surface area contributed by atoms with E-state index in [2.05, 4.69) is 4.98 Å². The van der Waals surface area contributed by atoms with Crippen LogP contribution >= 0.6 is 11.3 Å². The van der Waals surface area contributed by atoms with E-state index in [9.17, 15) is 9.59 Å².